The molecule has 34 heavy (non-hydrogen) atoms. The molecule has 1 unspecified atom stereocenters. The predicted molar refractivity (Wildman–Crippen MR) is 132 cm³/mol. The maximum absolute atomic E-state index is 13.2. The number of nitrogens with zero attached hydrogens (tertiary/aromatic N) is 1. The van der Waals surface area contributed by atoms with E-state index in [2.05, 4.69) is 15.5 Å². The van der Waals surface area contributed by atoms with E-state index < -0.39 is 0 Å². The average Bonchev–Trinajstić information content (AvgIpc) is 2.86. The second-order valence-electron chi connectivity index (χ2n) is 8.73. The number of hydrogen-bond donors (Lipinski definition) is 2. The van der Waals surface area contributed by atoms with Crippen molar-refractivity contribution in [1.29, 1.82) is 0 Å². The molecule has 1 aliphatic heterocycles. The number of benzene rings is 3. The van der Waals surface area contributed by atoms with Gasteiger partial charge in [0.15, 0.2) is 0 Å². The first-order chi connectivity index (χ1) is 16.6. The minimum atomic E-state index is -0.248. The summed E-state index contributed by atoms with van der Waals surface area (Å²) in [6, 6.07) is 23.6. The zero-order valence-electron chi connectivity index (χ0n) is 19.2. The third-order valence-electron chi connectivity index (χ3n) is 6.17. The zero-order valence-corrected chi connectivity index (χ0v) is 19.2. The third-order valence-corrected chi connectivity index (χ3v) is 6.17. The van der Waals surface area contributed by atoms with E-state index in [1.807, 2.05) is 36.4 Å². The molecule has 2 amide bonds. The molecule has 176 valence electrons. The molecular weight excluding hydrogens is 429 g/mol. The second kappa shape index (κ2) is 11.6. The lowest BCUT2D eigenvalue weighted by molar-refractivity contribution is -0.121. The molecule has 3 aromatic carbocycles. The summed E-state index contributed by atoms with van der Waals surface area (Å²) in [5.74, 6) is -0.687. The number of nitrogens with one attached hydrogen (secondary N) is 2. The van der Waals surface area contributed by atoms with Gasteiger partial charge in [-0.2, -0.15) is 0 Å². The quantitative estimate of drug-likeness (QED) is 0.516. The normalized spacial score (nSPS) is 16.1. The highest BCUT2D eigenvalue weighted by molar-refractivity contribution is 6.04. The lowest BCUT2D eigenvalue weighted by atomic mass is 9.96. The number of anilines is 1. The Labute approximate surface area is 200 Å². The van der Waals surface area contributed by atoms with E-state index >= 15 is 0 Å². The van der Waals surface area contributed by atoms with Crippen LogP contribution in [0.1, 0.15) is 34.3 Å². The average molecular weight is 460 g/mol. The summed E-state index contributed by atoms with van der Waals surface area (Å²) < 4.78 is 13.2. The topological polar surface area (TPSA) is 61.4 Å². The highest BCUT2D eigenvalue weighted by Gasteiger charge is 2.26. The summed E-state index contributed by atoms with van der Waals surface area (Å²) in [4.78, 5) is 28.1. The number of hydrogen-bond acceptors (Lipinski definition) is 3. The molecule has 0 aliphatic carbocycles. The number of para-hydroxylation sites is 1. The van der Waals surface area contributed by atoms with Gasteiger partial charge in [0.1, 0.15) is 5.82 Å². The predicted octanol–water partition coefficient (Wildman–Crippen LogP) is 4.65. The van der Waals surface area contributed by atoms with E-state index in [4.69, 9.17) is 0 Å². The van der Waals surface area contributed by atoms with E-state index in [1.54, 1.807) is 30.3 Å². The van der Waals surface area contributed by atoms with Crippen LogP contribution in [0.3, 0.4) is 0 Å². The molecule has 0 radical (unpaired) electrons. The maximum atomic E-state index is 13.2. The van der Waals surface area contributed by atoms with Crippen LogP contribution in [0.2, 0.25) is 0 Å². The van der Waals surface area contributed by atoms with Gasteiger partial charge in [-0.15, -0.1) is 0 Å². The number of carbonyl (C=O) groups excluding carboxylic acids is 2. The van der Waals surface area contributed by atoms with Crippen molar-refractivity contribution in [3.63, 3.8) is 0 Å². The fourth-order valence-corrected chi connectivity index (χ4v) is 4.35. The molecule has 1 saturated heterocycles. The Morgan fingerprint density at radius 2 is 1.65 bits per heavy atom. The number of carbonyl (C=O) groups is 2. The molecule has 3 aromatic rings. The minimum absolute atomic E-state index is 0.0756. The number of rotatable bonds is 8. The van der Waals surface area contributed by atoms with Crippen molar-refractivity contribution in [2.45, 2.75) is 25.8 Å². The fourth-order valence-electron chi connectivity index (χ4n) is 4.35. The van der Waals surface area contributed by atoms with Crippen molar-refractivity contribution < 1.29 is 14.0 Å². The van der Waals surface area contributed by atoms with Crippen molar-refractivity contribution in [3.05, 3.63) is 101 Å². The molecule has 0 aromatic heterocycles. The number of halogens is 1. The van der Waals surface area contributed by atoms with Crippen LogP contribution >= 0.6 is 0 Å². The lowest BCUT2D eigenvalue weighted by Gasteiger charge is -2.32. The monoisotopic (exact) mass is 459 g/mol. The van der Waals surface area contributed by atoms with Crippen molar-refractivity contribution in [2.24, 2.45) is 5.92 Å². The molecule has 1 aliphatic rings. The van der Waals surface area contributed by atoms with Crippen LogP contribution in [0.25, 0.3) is 0 Å². The lowest BCUT2D eigenvalue weighted by Crippen LogP contribution is -2.40. The van der Waals surface area contributed by atoms with Crippen molar-refractivity contribution >= 4 is 17.5 Å². The van der Waals surface area contributed by atoms with Crippen LogP contribution in [0.15, 0.2) is 78.9 Å². The van der Waals surface area contributed by atoms with Crippen LogP contribution in [0, 0.1) is 11.7 Å². The van der Waals surface area contributed by atoms with Crippen LogP contribution in [-0.2, 0) is 17.8 Å². The van der Waals surface area contributed by atoms with Crippen LogP contribution in [0.4, 0.5) is 10.1 Å². The van der Waals surface area contributed by atoms with Gasteiger partial charge in [0, 0.05) is 19.6 Å². The maximum Gasteiger partial charge on any atom is 0.253 e. The van der Waals surface area contributed by atoms with Gasteiger partial charge in [-0.05, 0) is 61.2 Å². The molecule has 1 fully saturated rings. The van der Waals surface area contributed by atoms with Crippen LogP contribution in [-0.4, -0.2) is 36.3 Å². The SMILES string of the molecule is O=C(NCCc1ccccc1)c1ccccc1NC(=O)C1CCCN(Cc2ccc(F)cc2)C1. The Morgan fingerprint density at radius 3 is 2.44 bits per heavy atom. The molecule has 2 N–H and O–H groups in total. The van der Waals surface area contributed by atoms with Gasteiger partial charge >= 0.3 is 0 Å². The zero-order chi connectivity index (χ0) is 23.8. The first-order valence-corrected chi connectivity index (χ1v) is 11.8. The standard InChI is InChI=1S/C28H30FN3O2/c29-24-14-12-22(13-15-24)19-32-18-6-9-23(20-32)27(33)31-26-11-5-4-10-25(26)28(34)30-17-16-21-7-2-1-3-8-21/h1-5,7-8,10-15,23H,6,9,16-20H2,(H,30,34)(H,31,33). The summed E-state index contributed by atoms with van der Waals surface area (Å²) in [7, 11) is 0. The molecule has 0 spiro atoms. The highest BCUT2D eigenvalue weighted by atomic mass is 19.1. The van der Waals surface area contributed by atoms with Crippen LogP contribution in [0.5, 0.6) is 0 Å². The number of amides is 2. The van der Waals surface area contributed by atoms with Crippen molar-refractivity contribution in [1.82, 2.24) is 10.2 Å². The summed E-state index contributed by atoms with van der Waals surface area (Å²) >= 11 is 0. The molecule has 5 nitrogen and oxygen atoms in total. The molecule has 1 heterocycles. The van der Waals surface area contributed by atoms with Gasteiger partial charge in [-0.3, -0.25) is 14.5 Å². The van der Waals surface area contributed by atoms with Gasteiger partial charge in [0.2, 0.25) is 5.91 Å². The third kappa shape index (κ3) is 6.51. The van der Waals surface area contributed by atoms with E-state index in [0.29, 0.717) is 30.9 Å². The Bertz CT molecular complexity index is 1100. The molecule has 0 bridgehead atoms. The summed E-state index contributed by atoms with van der Waals surface area (Å²) in [5, 5.41) is 5.94. The van der Waals surface area contributed by atoms with Crippen molar-refractivity contribution in [3.8, 4) is 0 Å². The van der Waals surface area contributed by atoms with Gasteiger partial charge < -0.3 is 10.6 Å². The Hall–Kier alpha value is -3.51. The Balaban J connectivity index is 1.33. The molecule has 1 atom stereocenters. The summed E-state index contributed by atoms with van der Waals surface area (Å²) in [5.41, 5.74) is 3.18. The van der Waals surface area contributed by atoms with E-state index in [-0.39, 0.29) is 23.5 Å². The number of piperidine rings is 1. The minimum Gasteiger partial charge on any atom is -0.352 e. The fraction of sp³-hybridized carbons (Fsp3) is 0.286. The molecular formula is C28H30FN3O2. The van der Waals surface area contributed by atoms with Crippen molar-refractivity contribution in [2.75, 3.05) is 25.0 Å². The van der Waals surface area contributed by atoms with E-state index in [1.165, 1.54) is 12.1 Å². The van der Waals surface area contributed by atoms with Gasteiger partial charge in [0.25, 0.3) is 5.91 Å². The first kappa shape index (κ1) is 23.6. The Kier molecular flexibility index (Phi) is 8.04. The largest absolute Gasteiger partial charge is 0.352 e. The van der Waals surface area contributed by atoms with E-state index in [9.17, 15) is 14.0 Å². The van der Waals surface area contributed by atoms with Gasteiger partial charge in [-0.25, -0.2) is 4.39 Å². The first-order valence-electron chi connectivity index (χ1n) is 11.8. The Morgan fingerprint density at radius 1 is 0.912 bits per heavy atom. The summed E-state index contributed by atoms with van der Waals surface area (Å²) in [6.45, 7) is 2.74. The summed E-state index contributed by atoms with van der Waals surface area (Å²) in [6.07, 6.45) is 2.46. The molecule has 4 rings (SSSR count). The highest BCUT2D eigenvalue weighted by Crippen LogP contribution is 2.22. The molecule has 0 saturated carbocycles. The second-order valence-corrected chi connectivity index (χ2v) is 8.73. The van der Waals surface area contributed by atoms with E-state index in [0.717, 1.165) is 36.9 Å². The number of likely N-dealkylation sites (tertiary alicyclic amines) is 1. The van der Waals surface area contributed by atoms with Gasteiger partial charge in [-0.1, -0.05) is 54.6 Å². The van der Waals surface area contributed by atoms with Crippen LogP contribution < -0.4 is 10.6 Å². The van der Waals surface area contributed by atoms with Gasteiger partial charge in [0.05, 0.1) is 17.2 Å². The smallest absolute Gasteiger partial charge is 0.253 e. The molecule has 6 heteroatoms.